The van der Waals surface area contributed by atoms with E-state index in [2.05, 4.69) is 26.6 Å². The lowest BCUT2D eigenvalue weighted by Crippen LogP contribution is -2.28. The number of aliphatic hydroxyl groups excluding tert-OH is 1. The molecule has 3 N–H and O–H groups in total. The van der Waals surface area contributed by atoms with Crippen LogP contribution in [0, 0.1) is 5.82 Å². The van der Waals surface area contributed by atoms with Gasteiger partial charge < -0.3 is 25.2 Å². The van der Waals surface area contributed by atoms with E-state index in [0.717, 1.165) is 28.7 Å². The maximum atomic E-state index is 13.0. The maximum Gasteiger partial charge on any atom is 0.175 e. The summed E-state index contributed by atoms with van der Waals surface area (Å²) >= 11 is 3.56. The van der Waals surface area contributed by atoms with Gasteiger partial charge in [0.1, 0.15) is 12.4 Å². The molecule has 0 radical (unpaired) electrons. The van der Waals surface area contributed by atoms with Gasteiger partial charge in [-0.15, -0.1) is 0 Å². The van der Waals surface area contributed by atoms with E-state index < -0.39 is 0 Å². The van der Waals surface area contributed by atoms with Gasteiger partial charge in [0.15, 0.2) is 11.5 Å². The lowest BCUT2D eigenvalue weighted by molar-refractivity contribution is 0.267. The lowest BCUT2D eigenvalue weighted by atomic mass is 10.2. The summed E-state index contributed by atoms with van der Waals surface area (Å²) < 4.78 is 25.5. The zero-order valence-electron chi connectivity index (χ0n) is 15.4. The Kier molecular flexibility index (Phi) is 9.55. The quantitative estimate of drug-likeness (QED) is 0.442. The topological polar surface area (TPSA) is 62.8 Å². The molecule has 0 unspecified atom stereocenters. The standard InChI is InChI=1S/C20H26BrFN2O3/c1-2-26-19-12-16(13-24-8-7-23-9-10-25)11-18(21)20(19)27-14-15-3-5-17(22)6-4-15/h3-6,11-12,23-25H,2,7-10,13-14H2,1H3. The number of nitrogens with one attached hydrogen (secondary N) is 2. The fraction of sp³-hybridized carbons (Fsp3) is 0.400. The number of benzene rings is 2. The first-order valence-corrected chi connectivity index (χ1v) is 9.78. The summed E-state index contributed by atoms with van der Waals surface area (Å²) in [5, 5.41) is 15.2. The average Bonchev–Trinajstić information content (AvgIpc) is 2.65. The molecule has 2 rings (SSSR count). The molecule has 0 spiro atoms. The normalized spacial score (nSPS) is 10.8. The second-order valence-corrected chi connectivity index (χ2v) is 6.76. The highest BCUT2D eigenvalue weighted by molar-refractivity contribution is 9.10. The monoisotopic (exact) mass is 440 g/mol. The van der Waals surface area contributed by atoms with Crippen molar-refractivity contribution < 1.29 is 19.0 Å². The van der Waals surface area contributed by atoms with E-state index >= 15 is 0 Å². The maximum absolute atomic E-state index is 13.0. The number of ether oxygens (including phenoxy) is 2. The van der Waals surface area contributed by atoms with E-state index in [1.807, 2.05) is 19.1 Å². The van der Waals surface area contributed by atoms with Crippen molar-refractivity contribution in [2.75, 3.05) is 32.8 Å². The number of hydrogen-bond acceptors (Lipinski definition) is 5. The smallest absolute Gasteiger partial charge is 0.175 e. The third-order valence-corrected chi connectivity index (χ3v) is 4.35. The molecule has 0 heterocycles. The Bertz CT molecular complexity index is 698. The van der Waals surface area contributed by atoms with Crippen LogP contribution in [0.15, 0.2) is 40.9 Å². The minimum absolute atomic E-state index is 0.143. The Morgan fingerprint density at radius 3 is 2.44 bits per heavy atom. The number of hydrogen-bond donors (Lipinski definition) is 3. The molecular weight excluding hydrogens is 415 g/mol. The van der Waals surface area contributed by atoms with E-state index in [4.69, 9.17) is 14.6 Å². The Morgan fingerprint density at radius 1 is 1.00 bits per heavy atom. The number of aliphatic hydroxyl groups is 1. The van der Waals surface area contributed by atoms with Crippen LogP contribution in [-0.4, -0.2) is 38.0 Å². The van der Waals surface area contributed by atoms with Crippen LogP contribution in [0.1, 0.15) is 18.1 Å². The van der Waals surface area contributed by atoms with E-state index in [-0.39, 0.29) is 12.4 Å². The fourth-order valence-electron chi connectivity index (χ4n) is 2.48. The van der Waals surface area contributed by atoms with E-state index in [0.29, 0.717) is 37.8 Å². The van der Waals surface area contributed by atoms with Crippen molar-refractivity contribution >= 4 is 15.9 Å². The highest BCUT2D eigenvalue weighted by Crippen LogP contribution is 2.37. The molecule has 148 valence electrons. The van der Waals surface area contributed by atoms with Gasteiger partial charge in [0, 0.05) is 26.2 Å². The third-order valence-electron chi connectivity index (χ3n) is 3.76. The summed E-state index contributed by atoms with van der Waals surface area (Å²) in [7, 11) is 0. The van der Waals surface area contributed by atoms with E-state index in [1.54, 1.807) is 12.1 Å². The second kappa shape index (κ2) is 11.9. The van der Waals surface area contributed by atoms with Gasteiger partial charge >= 0.3 is 0 Å². The molecule has 2 aromatic rings. The molecule has 7 heteroatoms. The molecule has 0 saturated heterocycles. The Labute approximate surface area is 168 Å². The minimum atomic E-state index is -0.265. The molecule has 0 aromatic heterocycles. The molecule has 0 aliphatic carbocycles. The highest BCUT2D eigenvalue weighted by atomic mass is 79.9. The van der Waals surface area contributed by atoms with Crippen molar-refractivity contribution in [2.24, 2.45) is 0 Å². The zero-order valence-corrected chi connectivity index (χ0v) is 17.0. The molecule has 0 aliphatic heterocycles. The Balaban J connectivity index is 1.98. The van der Waals surface area contributed by atoms with Crippen molar-refractivity contribution in [3.05, 3.63) is 57.8 Å². The van der Waals surface area contributed by atoms with Gasteiger partial charge in [0.05, 0.1) is 17.7 Å². The Morgan fingerprint density at radius 2 is 1.74 bits per heavy atom. The summed E-state index contributed by atoms with van der Waals surface area (Å²) in [5.74, 6) is 1.04. The van der Waals surface area contributed by atoms with Crippen LogP contribution in [-0.2, 0) is 13.2 Å². The fourth-order valence-corrected chi connectivity index (χ4v) is 3.08. The van der Waals surface area contributed by atoms with Crippen LogP contribution in [0.3, 0.4) is 0 Å². The van der Waals surface area contributed by atoms with Crippen molar-refractivity contribution in [3.8, 4) is 11.5 Å². The molecule has 0 aliphatic rings. The molecule has 27 heavy (non-hydrogen) atoms. The first-order chi connectivity index (χ1) is 13.1. The van der Waals surface area contributed by atoms with Crippen LogP contribution in [0.5, 0.6) is 11.5 Å². The van der Waals surface area contributed by atoms with Crippen LogP contribution < -0.4 is 20.1 Å². The van der Waals surface area contributed by atoms with Gasteiger partial charge in [-0.2, -0.15) is 0 Å². The molecular formula is C20H26BrFN2O3. The summed E-state index contributed by atoms with van der Waals surface area (Å²) in [6.45, 7) is 5.80. The van der Waals surface area contributed by atoms with Gasteiger partial charge in [-0.1, -0.05) is 12.1 Å². The molecule has 0 bridgehead atoms. The van der Waals surface area contributed by atoms with Crippen LogP contribution in [0.2, 0.25) is 0 Å². The van der Waals surface area contributed by atoms with Gasteiger partial charge in [0.25, 0.3) is 0 Å². The SMILES string of the molecule is CCOc1cc(CNCCNCCO)cc(Br)c1OCc1ccc(F)cc1. The van der Waals surface area contributed by atoms with E-state index in [1.165, 1.54) is 12.1 Å². The van der Waals surface area contributed by atoms with Crippen LogP contribution in [0.4, 0.5) is 4.39 Å². The number of rotatable bonds is 12. The summed E-state index contributed by atoms with van der Waals surface area (Å²) in [5.41, 5.74) is 1.95. The molecule has 0 atom stereocenters. The van der Waals surface area contributed by atoms with Crippen molar-refractivity contribution in [3.63, 3.8) is 0 Å². The zero-order chi connectivity index (χ0) is 19.5. The third kappa shape index (κ3) is 7.46. The van der Waals surface area contributed by atoms with Crippen molar-refractivity contribution in [2.45, 2.75) is 20.1 Å². The Hall–Kier alpha value is -1.67. The van der Waals surface area contributed by atoms with Gasteiger partial charge in [-0.3, -0.25) is 0 Å². The number of halogens is 2. The summed E-state index contributed by atoms with van der Waals surface area (Å²) in [6, 6.07) is 10.2. The van der Waals surface area contributed by atoms with Gasteiger partial charge in [-0.05, 0) is 58.2 Å². The van der Waals surface area contributed by atoms with Gasteiger partial charge in [-0.25, -0.2) is 4.39 Å². The first-order valence-electron chi connectivity index (χ1n) is 8.98. The van der Waals surface area contributed by atoms with Crippen molar-refractivity contribution in [1.29, 1.82) is 0 Å². The molecule has 0 fully saturated rings. The highest BCUT2D eigenvalue weighted by Gasteiger charge is 2.12. The first kappa shape index (κ1) is 21.6. The summed E-state index contributed by atoms with van der Waals surface area (Å²) in [6.07, 6.45) is 0. The van der Waals surface area contributed by atoms with E-state index in [9.17, 15) is 4.39 Å². The van der Waals surface area contributed by atoms with Crippen LogP contribution >= 0.6 is 15.9 Å². The molecule has 0 saturated carbocycles. The minimum Gasteiger partial charge on any atom is -0.490 e. The lowest BCUT2D eigenvalue weighted by Gasteiger charge is -2.16. The second-order valence-electron chi connectivity index (χ2n) is 5.90. The van der Waals surface area contributed by atoms with Crippen molar-refractivity contribution in [1.82, 2.24) is 10.6 Å². The predicted molar refractivity (Wildman–Crippen MR) is 108 cm³/mol. The summed E-state index contributed by atoms with van der Waals surface area (Å²) in [4.78, 5) is 0. The van der Waals surface area contributed by atoms with Gasteiger partial charge in [0.2, 0.25) is 0 Å². The largest absolute Gasteiger partial charge is 0.490 e. The average molecular weight is 441 g/mol. The van der Waals surface area contributed by atoms with Crippen LogP contribution in [0.25, 0.3) is 0 Å². The molecule has 0 amide bonds. The molecule has 5 nitrogen and oxygen atoms in total. The molecule has 2 aromatic carbocycles. The predicted octanol–water partition coefficient (Wildman–Crippen LogP) is 3.24.